The van der Waals surface area contributed by atoms with E-state index < -0.39 is 0 Å². The minimum atomic E-state index is 0.406. The molecule has 0 N–H and O–H groups in total. The molecule has 2 aliphatic carbocycles. The zero-order valence-electron chi connectivity index (χ0n) is 9.68. The zero-order valence-corrected chi connectivity index (χ0v) is 12.9. The normalized spacial score (nSPS) is 31.9. The van der Waals surface area contributed by atoms with Gasteiger partial charge < -0.3 is 0 Å². The van der Waals surface area contributed by atoms with Crippen molar-refractivity contribution in [1.29, 1.82) is 0 Å². The van der Waals surface area contributed by atoms with Crippen molar-refractivity contribution < 1.29 is 0 Å². The van der Waals surface area contributed by atoms with Crippen molar-refractivity contribution in [3.05, 3.63) is 70.8 Å². The Bertz CT molecular complexity index is 620. The van der Waals surface area contributed by atoms with Gasteiger partial charge in [-0.15, -0.1) is 0 Å². The molecule has 2 heteroatoms. The molecule has 0 aliphatic heterocycles. The highest BCUT2D eigenvalue weighted by atomic mass is 79.9. The van der Waals surface area contributed by atoms with E-state index in [1.807, 2.05) is 0 Å². The van der Waals surface area contributed by atoms with Gasteiger partial charge in [-0.3, -0.25) is 0 Å². The molecule has 2 aromatic carbocycles. The molecule has 0 heterocycles. The molecule has 0 saturated heterocycles. The van der Waals surface area contributed by atoms with Crippen molar-refractivity contribution in [2.24, 2.45) is 0 Å². The predicted molar refractivity (Wildman–Crippen MR) is 81.9 cm³/mol. The lowest BCUT2D eigenvalue weighted by Gasteiger charge is -2.48. The highest BCUT2D eigenvalue weighted by molar-refractivity contribution is 9.12. The Morgan fingerprint density at radius 2 is 1.17 bits per heavy atom. The van der Waals surface area contributed by atoms with Crippen LogP contribution in [-0.4, -0.2) is 4.83 Å². The van der Waals surface area contributed by atoms with Gasteiger partial charge in [0.1, 0.15) is 0 Å². The average Bonchev–Trinajstić information content (AvgIpc) is 2.39. The number of rotatable bonds is 0. The molecule has 18 heavy (non-hydrogen) atoms. The van der Waals surface area contributed by atoms with E-state index in [4.69, 9.17) is 0 Å². The maximum Gasteiger partial charge on any atom is 0.0529 e. The Morgan fingerprint density at radius 1 is 0.667 bits per heavy atom. The van der Waals surface area contributed by atoms with Gasteiger partial charge in [-0.25, -0.2) is 0 Å². The summed E-state index contributed by atoms with van der Waals surface area (Å²) in [6.45, 7) is 0. The second-order valence-electron chi connectivity index (χ2n) is 5.11. The molecule has 0 aromatic heterocycles. The van der Waals surface area contributed by atoms with Crippen LogP contribution in [0.3, 0.4) is 0 Å². The van der Waals surface area contributed by atoms with Gasteiger partial charge in [-0.05, 0) is 22.3 Å². The van der Waals surface area contributed by atoms with Crippen LogP contribution in [0.2, 0.25) is 0 Å². The van der Waals surface area contributed by atoms with Crippen LogP contribution in [0, 0.1) is 0 Å². The molecule has 0 amide bonds. The van der Waals surface area contributed by atoms with Crippen molar-refractivity contribution in [3.8, 4) is 0 Å². The molecular formula is C16H12Br2. The van der Waals surface area contributed by atoms with E-state index in [1.165, 1.54) is 22.3 Å². The molecule has 90 valence electrons. The summed E-state index contributed by atoms with van der Waals surface area (Å²) in [5, 5.41) is 0. The minimum absolute atomic E-state index is 0.406. The summed E-state index contributed by atoms with van der Waals surface area (Å²) in [5.41, 5.74) is 5.97. The van der Waals surface area contributed by atoms with E-state index in [2.05, 4.69) is 80.4 Å². The largest absolute Gasteiger partial charge is 0.0868 e. The fourth-order valence-electron chi connectivity index (χ4n) is 3.49. The van der Waals surface area contributed by atoms with Crippen molar-refractivity contribution in [2.75, 3.05) is 0 Å². The monoisotopic (exact) mass is 362 g/mol. The Kier molecular flexibility index (Phi) is 2.46. The smallest absolute Gasteiger partial charge is 0.0529 e. The number of halogens is 2. The molecule has 0 spiro atoms. The topological polar surface area (TPSA) is 0 Å². The standard InChI is InChI=1S/C16H12Br2/c17-15-12-8-4-3-7-11(12)13-9-5-1-2-6-10(9)14(13)16(15)18/h1-8,13-16H/t13-,14+,15+,16+/m0/s1. The molecular weight excluding hydrogens is 352 g/mol. The quantitative estimate of drug-likeness (QED) is 0.569. The van der Waals surface area contributed by atoms with Crippen molar-refractivity contribution in [3.63, 3.8) is 0 Å². The lowest BCUT2D eigenvalue weighted by molar-refractivity contribution is 0.480. The first-order chi connectivity index (χ1) is 8.79. The Labute approximate surface area is 124 Å². The Morgan fingerprint density at radius 3 is 1.83 bits per heavy atom. The van der Waals surface area contributed by atoms with Crippen LogP contribution in [0.5, 0.6) is 0 Å². The van der Waals surface area contributed by atoms with Gasteiger partial charge in [-0.2, -0.15) is 0 Å². The van der Waals surface area contributed by atoms with E-state index in [0.717, 1.165) is 0 Å². The van der Waals surface area contributed by atoms with Gasteiger partial charge in [0.2, 0.25) is 0 Å². The summed E-state index contributed by atoms with van der Waals surface area (Å²) in [6, 6.07) is 17.7. The van der Waals surface area contributed by atoms with E-state index in [1.54, 1.807) is 0 Å². The van der Waals surface area contributed by atoms with Crippen LogP contribution >= 0.6 is 31.9 Å². The van der Waals surface area contributed by atoms with Gasteiger partial charge >= 0.3 is 0 Å². The molecule has 4 atom stereocenters. The summed E-state index contributed by atoms with van der Waals surface area (Å²) >= 11 is 7.76. The van der Waals surface area contributed by atoms with Crippen LogP contribution in [0.15, 0.2) is 48.5 Å². The fourth-order valence-corrected chi connectivity index (χ4v) is 5.11. The van der Waals surface area contributed by atoms with E-state index in [-0.39, 0.29) is 0 Å². The average molecular weight is 364 g/mol. The number of benzene rings is 2. The van der Waals surface area contributed by atoms with Crippen LogP contribution in [0.25, 0.3) is 0 Å². The van der Waals surface area contributed by atoms with Gasteiger partial charge in [-0.1, -0.05) is 80.4 Å². The molecule has 4 rings (SSSR count). The summed E-state index contributed by atoms with van der Waals surface area (Å²) in [5.74, 6) is 1.19. The molecule has 0 bridgehead atoms. The Balaban J connectivity index is 1.96. The van der Waals surface area contributed by atoms with Crippen LogP contribution in [0.4, 0.5) is 0 Å². The van der Waals surface area contributed by atoms with Crippen LogP contribution in [-0.2, 0) is 0 Å². The maximum atomic E-state index is 3.90. The molecule has 0 fully saturated rings. The highest BCUT2D eigenvalue weighted by Crippen LogP contribution is 2.61. The molecule has 2 aromatic rings. The lowest BCUT2D eigenvalue weighted by Crippen LogP contribution is -2.38. The van der Waals surface area contributed by atoms with Crippen molar-refractivity contribution in [1.82, 2.24) is 0 Å². The second-order valence-corrected chi connectivity index (χ2v) is 7.15. The molecule has 2 aliphatic rings. The van der Waals surface area contributed by atoms with Gasteiger partial charge in [0.15, 0.2) is 0 Å². The number of hydrogen-bond acceptors (Lipinski definition) is 0. The predicted octanol–water partition coefficient (Wildman–Crippen LogP) is 5.13. The minimum Gasteiger partial charge on any atom is -0.0868 e. The van der Waals surface area contributed by atoms with Crippen molar-refractivity contribution in [2.45, 2.75) is 21.5 Å². The van der Waals surface area contributed by atoms with E-state index in [9.17, 15) is 0 Å². The first-order valence-electron chi connectivity index (χ1n) is 6.25. The van der Waals surface area contributed by atoms with Gasteiger partial charge in [0.25, 0.3) is 0 Å². The van der Waals surface area contributed by atoms with E-state index >= 15 is 0 Å². The third-order valence-corrected chi connectivity index (χ3v) is 7.17. The van der Waals surface area contributed by atoms with E-state index in [0.29, 0.717) is 21.5 Å². The summed E-state index contributed by atoms with van der Waals surface area (Å²) in [4.78, 5) is 0.885. The third-order valence-electron chi connectivity index (χ3n) is 4.30. The molecule has 0 radical (unpaired) electrons. The first kappa shape index (κ1) is 11.2. The fraction of sp³-hybridized carbons (Fsp3) is 0.250. The molecule has 0 nitrogen and oxygen atoms in total. The Hall–Kier alpha value is -0.600. The number of fused-ring (bicyclic) bond motifs is 6. The SMILES string of the molecule is Br[C@@H]1[C@@H]2c3ccccc3[C@H]2c2ccccc2[C@H]1Br. The first-order valence-corrected chi connectivity index (χ1v) is 8.08. The third kappa shape index (κ3) is 1.31. The van der Waals surface area contributed by atoms with Crippen molar-refractivity contribution >= 4 is 31.9 Å². The van der Waals surface area contributed by atoms with Gasteiger partial charge in [0, 0.05) is 16.7 Å². The van der Waals surface area contributed by atoms with Crippen LogP contribution in [0.1, 0.15) is 38.9 Å². The second kappa shape index (κ2) is 3.94. The zero-order chi connectivity index (χ0) is 12.3. The highest BCUT2D eigenvalue weighted by Gasteiger charge is 2.48. The summed E-state index contributed by atoms with van der Waals surface area (Å²) in [7, 11) is 0. The van der Waals surface area contributed by atoms with Gasteiger partial charge in [0.05, 0.1) is 4.83 Å². The van der Waals surface area contributed by atoms with Crippen LogP contribution < -0.4 is 0 Å². The summed E-state index contributed by atoms with van der Waals surface area (Å²) < 4.78 is 0. The number of alkyl halides is 2. The maximum absolute atomic E-state index is 3.90. The summed E-state index contributed by atoms with van der Waals surface area (Å²) in [6.07, 6.45) is 0. The lowest BCUT2D eigenvalue weighted by atomic mass is 9.59. The number of hydrogen-bond donors (Lipinski definition) is 0. The molecule has 0 unspecified atom stereocenters. The molecule has 0 saturated carbocycles.